The predicted octanol–water partition coefficient (Wildman–Crippen LogP) is 5.99. The van der Waals surface area contributed by atoms with Gasteiger partial charge in [-0.1, -0.05) is 42.0 Å². The van der Waals surface area contributed by atoms with Gasteiger partial charge in [-0.3, -0.25) is 14.6 Å². The number of rotatable bonds is 9. The summed E-state index contributed by atoms with van der Waals surface area (Å²) in [6.45, 7) is 5.13. The van der Waals surface area contributed by atoms with E-state index in [9.17, 15) is 14.0 Å². The molecule has 40 heavy (non-hydrogen) atoms. The molecule has 2 amide bonds. The molecule has 0 aliphatic heterocycles. The quantitative estimate of drug-likeness (QED) is 0.244. The minimum atomic E-state index is -0.337. The van der Waals surface area contributed by atoms with Gasteiger partial charge in [-0.05, 0) is 79.1 Å². The number of hydrogen-bond acceptors (Lipinski definition) is 3. The Morgan fingerprint density at radius 1 is 0.925 bits per heavy atom. The van der Waals surface area contributed by atoms with Crippen molar-refractivity contribution in [2.45, 2.75) is 33.2 Å². The number of benzene rings is 3. The lowest BCUT2D eigenvalue weighted by atomic mass is 10.1. The summed E-state index contributed by atoms with van der Waals surface area (Å²) < 4.78 is 15.2. The van der Waals surface area contributed by atoms with Crippen LogP contribution in [0.4, 0.5) is 10.1 Å². The molecule has 0 bridgehead atoms. The Balaban J connectivity index is 1.40. The number of nitrogens with one attached hydrogen (secondary N) is 2. The molecule has 5 rings (SSSR count). The number of pyridine rings is 1. The molecule has 0 spiro atoms. The minimum absolute atomic E-state index is 0.135. The Labute approximate surface area is 232 Å². The van der Waals surface area contributed by atoms with Crippen molar-refractivity contribution >= 4 is 28.4 Å². The fraction of sp³-hybridized carbons (Fsp3) is 0.182. The van der Waals surface area contributed by atoms with Crippen molar-refractivity contribution < 1.29 is 14.0 Å². The number of anilines is 1. The summed E-state index contributed by atoms with van der Waals surface area (Å²) in [5.41, 5.74) is 7.16. The molecule has 2 N–H and O–H groups in total. The van der Waals surface area contributed by atoms with Crippen molar-refractivity contribution in [2.75, 3.05) is 11.9 Å². The van der Waals surface area contributed by atoms with E-state index in [0.717, 1.165) is 38.9 Å². The molecule has 0 atom stereocenters. The van der Waals surface area contributed by atoms with Gasteiger partial charge in [-0.25, -0.2) is 4.39 Å². The Morgan fingerprint density at radius 2 is 1.75 bits per heavy atom. The molecule has 2 aromatic heterocycles. The average molecular weight is 535 g/mol. The van der Waals surface area contributed by atoms with E-state index < -0.39 is 0 Å². The van der Waals surface area contributed by atoms with Gasteiger partial charge in [0.1, 0.15) is 11.5 Å². The van der Waals surface area contributed by atoms with Crippen LogP contribution in [0, 0.1) is 19.7 Å². The van der Waals surface area contributed by atoms with Gasteiger partial charge < -0.3 is 15.2 Å². The fourth-order valence-corrected chi connectivity index (χ4v) is 4.78. The molecule has 2 heterocycles. The van der Waals surface area contributed by atoms with Crippen LogP contribution in [0.2, 0.25) is 0 Å². The number of aromatic nitrogens is 2. The van der Waals surface area contributed by atoms with Crippen LogP contribution in [0.5, 0.6) is 0 Å². The molecule has 0 fully saturated rings. The highest BCUT2D eigenvalue weighted by atomic mass is 19.1. The van der Waals surface area contributed by atoms with Gasteiger partial charge in [0.05, 0.1) is 6.42 Å². The number of amides is 2. The van der Waals surface area contributed by atoms with E-state index in [1.807, 2.05) is 47.0 Å². The Kier molecular flexibility index (Phi) is 8.01. The smallest absolute Gasteiger partial charge is 0.267 e. The number of aryl methyl sites for hydroxylation is 2. The van der Waals surface area contributed by atoms with Crippen molar-refractivity contribution in [1.29, 1.82) is 0 Å². The van der Waals surface area contributed by atoms with Gasteiger partial charge in [-0.15, -0.1) is 0 Å². The lowest BCUT2D eigenvalue weighted by Gasteiger charge is -2.14. The topological polar surface area (TPSA) is 76.0 Å². The summed E-state index contributed by atoms with van der Waals surface area (Å²) in [4.78, 5) is 30.4. The maximum absolute atomic E-state index is 13.4. The second-order valence-electron chi connectivity index (χ2n) is 10.00. The number of halogens is 1. The third-order valence-corrected chi connectivity index (χ3v) is 6.92. The van der Waals surface area contributed by atoms with Gasteiger partial charge in [-0.2, -0.15) is 0 Å². The summed E-state index contributed by atoms with van der Waals surface area (Å²) >= 11 is 0. The van der Waals surface area contributed by atoms with Crippen LogP contribution in [0.1, 0.15) is 38.4 Å². The van der Waals surface area contributed by atoms with E-state index in [1.54, 1.807) is 18.3 Å². The van der Waals surface area contributed by atoms with Crippen LogP contribution in [-0.2, 0) is 24.2 Å². The zero-order valence-corrected chi connectivity index (χ0v) is 22.6. The Hall–Kier alpha value is -4.78. The average Bonchev–Trinajstić information content (AvgIpc) is 3.30. The van der Waals surface area contributed by atoms with Gasteiger partial charge in [0.15, 0.2) is 0 Å². The highest BCUT2D eigenvalue weighted by molar-refractivity contribution is 6.01. The summed E-state index contributed by atoms with van der Waals surface area (Å²) in [6, 6.07) is 25.5. The monoisotopic (exact) mass is 534 g/mol. The van der Waals surface area contributed by atoms with Crippen molar-refractivity contribution in [2.24, 2.45) is 0 Å². The number of hydrogen-bond donors (Lipinski definition) is 2. The number of carbonyl (C=O) groups excluding carboxylic acids is 2. The zero-order valence-electron chi connectivity index (χ0n) is 22.6. The molecule has 202 valence electrons. The van der Waals surface area contributed by atoms with E-state index in [-0.39, 0.29) is 24.1 Å². The first-order valence-electron chi connectivity index (χ1n) is 13.3. The first kappa shape index (κ1) is 26.8. The third-order valence-electron chi connectivity index (χ3n) is 6.92. The molecular weight excluding hydrogens is 503 g/mol. The molecule has 6 nitrogen and oxygen atoms in total. The van der Waals surface area contributed by atoms with Gasteiger partial charge in [0.25, 0.3) is 5.91 Å². The maximum Gasteiger partial charge on any atom is 0.267 e. The normalized spacial score (nSPS) is 11.0. The highest BCUT2D eigenvalue weighted by Gasteiger charge is 2.17. The molecule has 0 aliphatic rings. The summed E-state index contributed by atoms with van der Waals surface area (Å²) in [5, 5.41) is 6.81. The van der Waals surface area contributed by atoms with E-state index in [0.29, 0.717) is 30.9 Å². The molecule has 0 unspecified atom stereocenters. The molecule has 3 aromatic carbocycles. The SMILES string of the molecule is Cc1ccc(C)c(Cn2c(C(=O)NCCc3ccccn3)cc3cc(NC(=O)Cc4ccc(F)cc4)ccc32)c1. The minimum Gasteiger partial charge on any atom is -0.350 e. The van der Waals surface area contributed by atoms with Crippen LogP contribution in [0.3, 0.4) is 0 Å². The van der Waals surface area contributed by atoms with Crippen LogP contribution < -0.4 is 10.6 Å². The standard InChI is InChI=1S/C33H31FN4O2/c1-22-6-7-23(2)26(17-22)21-38-30-13-12-29(37-32(39)18-24-8-10-27(34)11-9-24)19-25(30)20-31(38)33(40)36-16-14-28-5-3-4-15-35-28/h3-13,15,17,19-20H,14,16,18,21H2,1-2H3,(H,36,40)(H,37,39). The fourth-order valence-electron chi connectivity index (χ4n) is 4.78. The van der Waals surface area contributed by atoms with Crippen molar-refractivity contribution in [3.63, 3.8) is 0 Å². The highest BCUT2D eigenvalue weighted by Crippen LogP contribution is 2.26. The lowest BCUT2D eigenvalue weighted by Crippen LogP contribution is -2.28. The molecule has 0 saturated carbocycles. The molecular formula is C33H31FN4O2. The van der Waals surface area contributed by atoms with Crippen LogP contribution in [-0.4, -0.2) is 27.9 Å². The molecule has 0 aliphatic carbocycles. The van der Waals surface area contributed by atoms with E-state index in [2.05, 4.69) is 47.7 Å². The largest absolute Gasteiger partial charge is 0.350 e. The molecule has 0 radical (unpaired) electrons. The van der Waals surface area contributed by atoms with Crippen molar-refractivity contribution in [3.05, 3.63) is 131 Å². The number of carbonyl (C=O) groups is 2. The van der Waals surface area contributed by atoms with E-state index >= 15 is 0 Å². The number of fused-ring (bicyclic) bond motifs is 1. The van der Waals surface area contributed by atoms with Crippen molar-refractivity contribution in [3.8, 4) is 0 Å². The Bertz CT molecular complexity index is 1660. The van der Waals surface area contributed by atoms with Gasteiger partial charge in [0.2, 0.25) is 5.91 Å². The maximum atomic E-state index is 13.4. The number of nitrogens with zero attached hydrogens (tertiary/aromatic N) is 2. The molecule has 0 saturated heterocycles. The first-order valence-corrected chi connectivity index (χ1v) is 13.3. The van der Waals surface area contributed by atoms with Gasteiger partial charge in [0, 0.05) is 48.0 Å². The zero-order chi connectivity index (χ0) is 28.1. The van der Waals surface area contributed by atoms with Gasteiger partial charge >= 0.3 is 0 Å². The van der Waals surface area contributed by atoms with Crippen LogP contribution in [0.15, 0.2) is 91.1 Å². The van der Waals surface area contributed by atoms with Crippen molar-refractivity contribution in [1.82, 2.24) is 14.9 Å². The molecule has 7 heteroatoms. The van der Waals surface area contributed by atoms with Crippen LogP contribution in [0.25, 0.3) is 10.9 Å². The van der Waals surface area contributed by atoms with E-state index in [4.69, 9.17) is 0 Å². The predicted molar refractivity (Wildman–Crippen MR) is 156 cm³/mol. The third kappa shape index (κ3) is 6.43. The summed E-state index contributed by atoms with van der Waals surface area (Å²) in [5.74, 6) is -0.704. The second kappa shape index (κ2) is 11.9. The summed E-state index contributed by atoms with van der Waals surface area (Å²) in [6.07, 6.45) is 2.51. The molecule has 5 aromatic rings. The lowest BCUT2D eigenvalue weighted by molar-refractivity contribution is -0.115. The van der Waals surface area contributed by atoms with E-state index in [1.165, 1.54) is 12.1 Å². The first-order chi connectivity index (χ1) is 19.4. The summed E-state index contributed by atoms with van der Waals surface area (Å²) in [7, 11) is 0. The Morgan fingerprint density at radius 3 is 2.52 bits per heavy atom. The second-order valence-corrected chi connectivity index (χ2v) is 10.00. The van der Waals surface area contributed by atoms with Crippen LogP contribution >= 0.6 is 0 Å².